The van der Waals surface area contributed by atoms with Crippen molar-refractivity contribution in [1.29, 1.82) is 0 Å². The molecule has 6 heteroatoms. The Balaban J connectivity index is 2.47. The topological polar surface area (TPSA) is 82.8 Å². The molecule has 0 fully saturated rings. The van der Waals surface area contributed by atoms with Gasteiger partial charge >= 0.3 is 12.0 Å². The number of hydrogen-bond donors (Lipinski definition) is 2. The van der Waals surface area contributed by atoms with Crippen molar-refractivity contribution in [2.45, 2.75) is 33.2 Å². The first-order valence-corrected chi connectivity index (χ1v) is 6.74. The molecule has 1 aromatic rings. The Bertz CT molecular complexity index is 430. The van der Waals surface area contributed by atoms with Gasteiger partial charge in [0.1, 0.15) is 5.76 Å². The lowest BCUT2D eigenvalue weighted by Gasteiger charge is -2.25. The fraction of sp³-hybridized carbons (Fsp3) is 0.571. The normalized spacial score (nSPS) is 13.6. The molecular weight excluding hydrogens is 260 g/mol. The quantitative estimate of drug-likeness (QED) is 0.801. The Morgan fingerprint density at radius 2 is 2.15 bits per heavy atom. The second-order valence-electron chi connectivity index (χ2n) is 4.91. The van der Waals surface area contributed by atoms with Gasteiger partial charge in [-0.15, -0.1) is 0 Å². The maximum Gasteiger partial charge on any atom is 0.317 e. The summed E-state index contributed by atoms with van der Waals surface area (Å²) in [5.74, 6) is -0.680. The van der Waals surface area contributed by atoms with Gasteiger partial charge < -0.3 is 19.7 Å². The minimum absolute atomic E-state index is 0.0807. The van der Waals surface area contributed by atoms with Crippen LogP contribution in [0, 0.1) is 5.92 Å². The summed E-state index contributed by atoms with van der Waals surface area (Å²) in [7, 11) is 0. The summed E-state index contributed by atoms with van der Waals surface area (Å²) in [4.78, 5) is 24.4. The molecule has 2 N–H and O–H groups in total. The summed E-state index contributed by atoms with van der Waals surface area (Å²) in [6.45, 7) is 5.97. The van der Waals surface area contributed by atoms with Crippen LogP contribution in [0.2, 0.25) is 0 Å². The Kier molecular flexibility index (Phi) is 6.09. The highest BCUT2D eigenvalue weighted by Crippen LogP contribution is 2.05. The second-order valence-corrected chi connectivity index (χ2v) is 4.91. The van der Waals surface area contributed by atoms with Crippen LogP contribution >= 0.6 is 0 Å². The molecule has 0 spiro atoms. The van der Waals surface area contributed by atoms with E-state index in [9.17, 15) is 9.59 Å². The van der Waals surface area contributed by atoms with Gasteiger partial charge in [-0.2, -0.15) is 0 Å². The largest absolute Gasteiger partial charge is 0.481 e. The fourth-order valence-electron chi connectivity index (χ4n) is 1.85. The van der Waals surface area contributed by atoms with Gasteiger partial charge in [0.25, 0.3) is 0 Å². The Labute approximate surface area is 118 Å². The molecule has 2 atom stereocenters. The molecular formula is C14H22N2O4. The molecule has 0 bridgehead atoms. The van der Waals surface area contributed by atoms with Crippen molar-refractivity contribution in [2.75, 3.05) is 13.1 Å². The average molecular weight is 282 g/mol. The summed E-state index contributed by atoms with van der Waals surface area (Å²) in [5, 5.41) is 11.7. The number of aliphatic carboxylic acids is 1. The fourth-order valence-corrected chi connectivity index (χ4v) is 1.85. The predicted molar refractivity (Wildman–Crippen MR) is 74.5 cm³/mol. The smallest absolute Gasteiger partial charge is 0.317 e. The first-order valence-electron chi connectivity index (χ1n) is 6.74. The van der Waals surface area contributed by atoms with Gasteiger partial charge in [0, 0.05) is 25.6 Å². The summed E-state index contributed by atoms with van der Waals surface area (Å²) < 4.78 is 5.23. The summed E-state index contributed by atoms with van der Waals surface area (Å²) >= 11 is 0. The lowest BCUT2D eigenvalue weighted by Crippen LogP contribution is -2.46. The third-order valence-electron chi connectivity index (χ3n) is 3.04. The zero-order chi connectivity index (χ0) is 15.1. The van der Waals surface area contributed by atoms with Crippen LogP contribution < -0.4 is 5.32 Å². The Hall–Kier alpha value is -1.98. The van der Waals surface area contributed by atoms with Crippen molar-refractivity contribution in [2.24, 2.45) is 5.92 Å². The Morgan fingerprint density at radius 1 is 1.45 bits per heavy atom. The van der Waals surface area contributed by atoms with Crippen LogP contribution in [0.5, 0.6) is 0 Å². The van der Waals surface area contributed by atoms with Crippen molar-refractivity contribution in [1.82, 2.24) is 10.2 Å². The van der Waals surface area contributed by atoms with Crippen molar-refractivity contribution in [3.8, 4) is 0 Å². The first-order chi connectivity index (χ1) is 9.43. The van der Waals surface area contributed by atoms with Crippen molar-refractivity contribution in [3.05, 3.63) is 24.2 Å². The number of carbonyl (C=O) groups is 2. The highest BCUT2D eigenvalue weighted by atomic mass is 16.4. The molecule has 112 valence electrons. The van der Waals surface area contributed by atoms with Gasteiger partial charge in [-0.05, 0) is 26.0 Å². The third kappa shape index (κ3) is 4.95. The zero-order valence-corrected chi connectivity index (χ0v) is 12.1. The molecule has 2 amide bonds. The van der Waals surface area contributed by atoms with Gasteiger partial charge in [-0.25, -0.2) is 4.79 Å². The standard InChI is InChI=1S/C14H22N2O4/c1-4-16(9-10(2)13(17)18)14(19)15-11(3)8-12-6-5-7-20-12/h5-7,10-11H,4,8-9H2,1-3H3,(H,15,19)(H,17,18). The SMILES string of the molecule is CCN(CC(C)C(=O)O)C(=O)NC(C)Cc1ccco1. The molecule has 0 aliphatic rings. The van der Waals surface area contributed by atoms with Crippen LogP contribution in [-0.4, -0.2) is 41.1 Å². The molecule has 0 aromatic carbocycles. The molecule has 20 heavy (non-hydrogen) atoms. The molecule has 6 nitrogen and oxygen atoms in total. The number of nitrogens with zero attached hydrogens (tertiary/aromatic N) is 1. The van der Waals surface area contributed by atoms with Crippen LogP contribution in [0.4, 0.5) is 4.79 Å². The van der Waals surface area contributed by atoms with Crippen LogP contribution in [0.25, 0.3) is 0 Å². The van der Waals surface area contributed by atoms with Crippen molar-refractivity contribution in [3.63, 3.8) is 0 Å². The molecule has 0 radical (unpaired) electrons. The number of nitrogens with one attached hydrogen (secondary N) is 1. The number of urea groups is 1. The number of hydrogen-bond acceptors (Lipinski definition) is 3. The van der Waals surface area contributed by atoms with E-state index in [4.69, 9.17) is 9.52 Å². The number of amides is 2. The van der Waals surface area contributed by atoms with Gasteiger partial charge in [0.05, 0.1) is 12.2 Å². The van der Waals surface area contributed by atoms with Crippen LogP contribution in [0.3, 0.4) is 0 Å². The monoisotopic (exact) mass is 282 g/mol. The predicted octanol–water partition coefficient (Wildman–Crippen LogP) is 1.96. The van der Waals surface area contributed by atoms with E-state index < -0.39 is 11.9 Å². The molecule has 2 unspecified atom stereocenters. The van der Waals surface area contributed by atoms with Gasteiger partial charge in [0.15, 0.2) is 0 Å². The maximum atomic E-state index is 12.1. The lowest BCUT2D eigenvalue weighted by atomic mass is 10.1. The number of carboxylic acid groups (broad SMARTS) is 1. The van der Waals surface area contributed by atoms with Gasteiger partial charge in [0.2, 0.25) is 0 Å². The molecule has 0 aliphatic carbocycles. The van der Waals surface area contributed by atoms with Gasteiger partial charge in [-0.1, -0.05) is 6.92 Å². The highest BCUT2D eigenvalue weighted by Gasteiger charge is 2.20. The molecule has 0 aliphatic heterocycles. The zero-order valence-electron chi connectivity index (χ0n) is 12.1. The van der Waals surface area contributed by atoms with Crippen molar-refractivity contribution < 1.29 is 19.1 Å². The highest BCUT2D eigenvalue weighted by molar-refractivity contribution is 5.76. The molecule has 0 saturated heterocycles. The van der Waals surface area contributed by atoms with E-state index in [2.05, 4.69) is 5.32 Å². The minimum atomic E-state index is -0.903. The van der Waals surface area contributed by atoms with Crippen LogP contribution in [-0.2, 0) is 11.2 Å². The molecule has 1 rings (SSSR count). The summed E-state index contributed by atoms with van der Waals surface area (Å²) in [5.41, 5.74) is 0. The lowest BCUT2D eigenvalue weighted by molar-refractivity contribution is -0.141. The van der Waals surface area contributed by atoms with E-state index in [-0.39, 0.29) is 18.6 Å². The van der Waals surface area contributed by atoms with E-state index >= 15 is 0 Å². The second kappa shape index (κ2) is 7.57. The number of carbonyl (C=O) groups excluding carboxylic acids is 1. The first kappa shape index (κ1) is 16.1. The number of furan rings is 1. The van der Waals surface area contributed by atoms with Crippen LogP contribution in [0.15, 0.2) is 22.8 Å². The maximum absolute atomic E-state index is 12.1. The van der Waals surface area contributed by atoms with E-state index in [0.29, 0.717) is 13.0 Å². The summed E-state index contributed by atoms with van der Waals surface area (Å²) in [6, 6.07) is 3.33. The van der Waals surface area contributed by atoms with Gasteiger partial charge in [-0.3, -0.25) is 4.79 Å². The third-order valence-corrected chi connectivity index (χ3v) is 3.04. The number of rotatable bonds is 7. The van der Waals surface area contributed by atoms with E-state index in [1.54, 1.807) is 19.3 Å². The minimum Gasteiger partial charge on any atom is -0.481 e. The molecule has 1 aromatic heterocycles. The molecule has 1 heterocycles. The average Bonchev–Trinajstić information content (AvgIpc) is 2.87. The van der Waals surface area contributed by atoms with Crippen LogP contribution in [0.1, 0.15) is 26.5 Å². The Morgan fingerprint density at radius 3 is 2.65 bits per heavy atom. The van der Waals surface area contributed by atoms with E-state index in [1.165, 1.54) is 4.90 Å². The number of carboxylic acids is 1. The van der Waals surface area contributed by atoms with E-state index in [0.717, 1.165) is 5.76 Å². The molecule has 0 saturated carbocycles. The summed E-state index contributed by atoms with van der Waals surface area (Å²) in [6.07, 6.45) is 2.20. The van der Waals surface area contributed by atoms with Crippen molar-refractivity contribution >= 4 is 12.0 Å². The van der Waals surface area contributed by atoms with E-state index in [1.807, 2.05) is 19.9 Å².